The summed E-state index contributed by atoms with van der Waals surface area (Å²) in [6.45, 7) is 0. The Hall–Kier alpha value is -8.78. The summed E-state index contributed by atoms with van der Waals surface area (Å²) in [5.74, 6) is 0. The summed E-state index contributed by atoms with van der Waals surface area (Å²) in [7, 11) is 0. The molecule has 0 aromatic heterocycles. The van der Waals surface area contributed by atoms with Gasteiger partial charge in [0.05, 0.1) is 16.5 Å². The molecule has 2 spiro atoms. The van der Waals surface area contributed by atoms with Gasteiger partial charge in [0, 0.05) is 16.9 Å². The minimum absolute atomic E-state index is 0.490. The molecule has 0 saturated heterocycles. The van der Waals surface area contributed by atoms with Crippen molar-refractivity contribution in [3.63, 3.8) is 0 Å². The minimum atomic E-state index is -0.512. The fraction of sp³-hybridized carbons (Fsp3) is 0.0294. The van der Waals surface area contributed by atoms with Gasteiger partial charge in [0.15, 0.2) is 0 Å². The fourth-order valence-corrected chi connectivity index (χ4v) is 13.3. The average Bonchev–Trinajstić information content (AvgIpc) is 4.10. The standard InChI is InChI=1S/C68H43N/c1-3-20-44(21-4-1)46-24-19-25-47(40-46)69(48-38-39-55-53-30-11-17-36-62(53)67(64(55)41-48)58-32-13-7-26-49(58)50-27-8-14-33-59(50)67)66-43-65-57(42-56(66)45-22-5-2-6-23-45)54-31-12-18-37-63(54)68(65)60-34-15-9-28-51(60)52-29-10-16-35-61(52)68/h1-43H. The predicted molar refractivity (Wildman–Crippen MR) is 285 cm³/mol. The topological polar surface area (TPSA) is 3.24 Å². The second kappa shape index (κ2) is 14.4. The van der Waals surface area contributed by atoms with Crippen molar-refractivity contribution >= 4 is 17.1 Å². The Labute approximate surface area is 402 Å². The van der Waals surface area contributed by atoms with Crippen molar-refractivity contribution in [3.8, 4) is 66.8 Å². The normalized spacial score (nSPS) is 14.0. The molecule has 0 bridgehead atoms. The van der Waals surface area contributed by atoms with E-state index < -0.39 is 10.8 Å². The first-order valence-corrected chi connectivity index (χ1v) is 24.2. The Balaban J connectivity index is 1.06. The van der Waals surface area contributed by atoms with Gasteiger partial charge in [-0.1, -0.05) is 224 Å². The van der Waals surface area contributed by atoms with Gasteiger partial charge in [0.25, 0.3) is 0 Å². The van der Waals surface area contributed by atoms with Crippen molar-refractivity contribution in [1.82, 2.24) is 0 Å². The largest absolute Gasteiger partial charge is 0.310 e. The molecule has 1 heteroatoms. The quantitative estimate of drug-likeness (QED) is 0.167. The smallest absolute Gasteiger partial charge is 0.0726 e. The zero-order chi connectivity index (χ0) is 45.3. The average molecular weight is 874 g/mol. The fourth-order valence-electron chi connectivity index (χ4n) is 13.3. The molecule has 0 amide bonds. The molecular weight excluding hydrogens is 831 g/mol. The van der Waals surface area contributed by atoms with Crippen molar-refractivity contribution in [2.24, 2.45) is 0 Å². The zero-order valence-corrected chi connectivity index (χ0v) is 37.8. The molecule has 0 unspecified atom stereocenters. The van der Waals surface area contributed by atoms with Crippen LogP contribution in [0.25, 0.3) is 66.8 Å². The lowest BCUT2D eigenvalue weighted by Crippen LogP contribution is -2.26. The third-order valence-corrected chi connectivity index (χ3v) is 15.9. The van der Waals surface area contributed by atoms with Gasteiger partial charge in [-0.25, -0.2) is 0 Å². The van der Waals surface area contributed by atoms with E-state index in [1.165, 1.54) is 111 Å². The van der Waals surface area contributed by atoms with Gasteiger partial charge in [-0.3, -0.25) is 0 Å². The second-order valence-electron chi connectivity index (χ2n) is 19.0. The number of benzene rings is 11. The van der Waals surface area contributed by atoms with Gasteiger partial charge < -0.3 is 4.90 Å². The van der Waals surface area contributed by atoms with Crippen molar-refractivity contribution in [3.05, 3.63) is 305 Å². The van der Waals surface area contributed by atoms with E-state index in [1.54, 1.807) is 0 Å². The highest BCUT2D eigenvalue weighted by Crippen LogP contribution is 2.66. The molecule has 4 aliphatic rings. The van der Waals surface area contributed by atoms with E-state index in [9.17, 15) is 0 Å². The van der Waals surface area contributed by atoms with Crippen LogP contribution in [0.1, 0.15) is 44.5 Å². The number of rotatable bonds is 5. The Morgan fingerprint density at radius 3 is 1.04 bits per heavy atom. The lowest BCUT2D eigenvalue weighted by atomic mass is 9.70. The van der Waals surface area contributed by atoms with Crippen LogP contribution in [0, 0.1) is 0 Å². The van der Waals surface area contributed by atoms with Gasteiger partial charge in [0.1, 0.15) is 0 Å². The molecule has 0 atom stereocenters. The number of hydrogen-bond donors (Lipinski definition) is 0. The van der Waals surface area contributed by atoms with Crippen LogP contribution < -0.4 is 4.90 Å². The molecule has 320 valence electrons. The Morgan fingerprint density at radius 2 is 0.565 bits per heavy atom. The van der Waals surface area contributed by atoms with Crippen LogP contribution in [0.5, 0.6) is 0 Å². The summed E-state index contributed by atoms with van der Waals surface area (Å²) in [6, 6.07) is 98.2. The van der Waals surface area contributed by atoms with Crippen molar-refractivity contribution in [2.45, 2.75) is 10.8 Å². The first-order valence-electron chi connectivity index (χ1n) is 24.2. The van der Waals surface area contributed by atoms with Crippen LogP contribution in [0.4, 0.5) is 17.1 Å². The molecule has 0 aliphatic heterocycles. The Kier molecular flexibility index (Phi) is 7.98. The van der Waals surface area contributed by atoms with Gasteiger partial charge in [-0.15, -0.1) is 0 Å². The van der Waals surface area contributed by atoms with E-state index >= 15 is 0 Å². The van der Waals surface area contributed by atoms with Gasteiger partial charge >= 0.3 is 0 Å². The van der Waals surface area contributed by atoms with Crippen LogP contribution in [-0.2, 0) is 10.8 Å². The van der Waals surface area contributed by atoms with E-state index in [-0.39, 0.29) is 0 Å². The zero-order valence-electron chi connectivity index (χ0n) is 37.8. The number of hydrogen-bond acceptors (Lipinski definition) is 1. The molecule has 4 aliphatic carbocycles. The highest BCUT2D eigenvalue weighted by Gasteiger charge is 2.53. The Bertz CT molecular complexity index is 3810. The molecule has 0 fully saturated rings. The molecule has 0 heterocycles. The maximum atomic E-state index is 2.57. The highest BCUT2D eigenvalue weighted by molar-refractivity contribution is 6.02. The lowest BCUT2D eigenvalue weighted by molar-refractivity contribution is 0.792. The minimum Gasteiger partial charge on any atom is -0.310 e. The summed E-state index contributed by atoms with van der Waals surface area (Å²) >= 11 is 0. The van der Waals surface area contributed by atoms with E-state index in [2.05, 4.69) is 266 Å². The summed E-state index contributed by atoms with van der Waals surface area (Å²) in [5.41, 5.74) is 28.1. The molecule has 15 rings (SSSR count). The molecular formula is C68H43N. The molecule has 0 N–H and O–H groups in total. The highest BCUT2D eigenvalue weighted by atomic mass is 15.1. The van der Waals surface area contributed by atoms with Crippen LogP contribution in [-0.4, -0.2) is 0 Å². The van der Waals surface area contributed by atoms with Crippen molar-refractivity contribution in [1.29, 1.82) is 0 Å². The third kappa shape index (κ3) is 5.04. The first kappa shape index (κ1) is 38.3. The summed E-state index contributed by atoms with van der Waals surface area (Å²) in [4.78, 5) is 2.57. The third-order valence-electron chi connectivity index (χ3n) is 15.9. The first-order chi connectivity index (χ1) is 34.2. The van der Waals surface area contributed by atoms with Gasteiger partial charge in [-0.2, -0.15) is 0 Å². The summed E-state index contributed by atoms with van der Waals surface area (Å²) < 4.78 is 0. The molecule has 11 aromatic carbocycles. The predicted octanol–water partition coefficient (Wildman–Crippen LogP) is 17.2. The number of nitrogens with zero attached hydrogens (tertiary/aromatic N) is 1. The maximum absolute atomic E-state index is 2.57. The number of fused-ring (bicyclic) bond motifs is 20. The molecule has 11 aromatic rings. The number of anilines is 3. The van der Waals surface area contributed by atoms with E-state index in [0.29, 0.717) is 0 Å². The second-order valence-corrected chi connectivity index (χ2v) is 19.0. The van der Waals surface area contributed by atoms with Crippen LogP contribution >= 0.6 is 0 Å². The monoisotopic (exact) mass is 873 g/mol. The SMILES string of the molecule is c1ccc(-c2cccc(N(c3ccc4c(c3)C3(c5ccccc5-c5ccccc53)c3ccccc3-4)c3cc4c(cc3-c3ccccc3)-c3ccccc3C43c4ccccc4-c4ccccc43)c2)cc1. The van der Waals surface area contributed by atoms with Crippen LogP contribution in [0.3, 0.4) is 0 Å². The van der Waals surface area contributed by atoms with E-state index in [1.807, 2.05) is 0 Å². The van der Waals surface area contributed by atoms with Gasteiger partial charge in [-0.05, 0) is 142 Å². The summed E-state index contributed by atoms with van der Waals surface area (Å²) in [5, 5.41) is 0. The molecule has 69 heavy (non-hydrogen) atoms. The van der Waals surface area contributed by atoms with Crippen LogP contribution in [0.15, 0.2) is 261 Å². The van der Waals surface area contributed by atoms with Crippen LogP contribution in [0.2, 0.25) is 0 Å². The van der Waals surface area contributed by atoms with Gasteiger partial charge in [0.2, 0.25) is 0 Å². The molecule has 0 saturated carbocycles. The Morgan fingerprint density at radius 1 is 0.203 bits per heavy atom. The maximum Gasteiger partial charge on any atom is 0.0726 e. The molecule has 0 radical (unpaired) electrons. The van der Waals surface area contributed by atoms with Crippen molar-refractivity contribution < 1.29 is 0 Å². The van der Waals surface area contributed by atoms with E-state index in [0.717, 1.165) is 17.1 Å². The van der Waals surface area contributed by atoms with Crippen molar-refractivity contribution in [2.75, 3.05) is 4.90 Å². The lowest BCUT2D eigenvalue weighted by Gasteiger charge is -2.34. The summed E-state index contributed by atoms with van der Waals surface area (Å²) in [6.07, 6.45) is 0. The van der Waals surface area contributed by atoms with E-state index in [4.69, 9.17) is 0 Å². The molecule has 1 nitrogen and oxygen atoms in total.